The van der Waals surface area contributed by atoms with Crippen molar-refractivity contribution in [2.75, 3.05) is 18.5 Å². The molecular formula is C25H29F4N3O2. The smallest absolute Gasteiger partial charge is 0.401 e. The zero-order valence-corrected chi connectivity index (χ0v) is 19.0. The van der Waals surface area contributed by atoms with Gasteiger partial charge in [-0.15, -0.1) is 0 Å². The number of alkyl halides is 4. The van der Waals surface area contributed by atoms with Crippen LogP contribution < -0.4 is 5.32 Å². The minimum Gasteiger partial charge on any atom is -0.478 e. The summed E-state index contributed by atoms with van der Waals surface area (Å²) in [6.07, 6.45) is 1.02. The maximum atomic E-state index is 13.4. The molecule has 0 spiro atoms. The van der Waals surface area contributed by atoms with Gasteiger partial charge in [0.1, 0.15) is 0 Å². The fourth-order valence-corrected chi connectivity index (χ4v) is 5.18. The molecule has 1 aromatic carbocycles. The van der Waals surface area contributed by atoms with E-state index in [-0.39, 0.29) is 12.2 Å². The molecule has 2 N–H and O–H groups in total. The Morgan fingerprint density at radius 3 is 2.62 bits per heavy atom. The lowest BCUT2D eigenvalue weighted by Crippen LogP contribution is -2.47. The predicted octanol–water partition coefficient (Wildman–Crippen LogP) is 5.62. The van der Waals surface area contributed by atoms with Crippen LogP contribution in [0.1, 0.15) is 65.8 Å². The van der Waals surface area contributed by atoms with Gasteiger partial charge in [-0.1, -0.05) is 6.07 Å². The third-order valence-corrected chi connectivity index (χ3v) is 6.88. The van der Waals surface area contributed by atoms with Crippen LogP contribution in [-0.4, -0.2) is 52.4 Å². The number of aromatic nitrogens is 1. The molecule has 2 heterocycles. The van der Waals surface area contributed by atoms with Crippen LogP contribution in [0.3, 0.4) is 0 Å². The van der Waals surface area contributed by atoms with E-state index in [0.717, 1.165) is 30.5 Å². The number of benzene rings is 1. The molecule has 9 heteroatoms. The Morgan fingerprint density at radius 1 is 1.24 bits per heavy atom. The molecule has 0 unspecified atom stereocenters. The van der Waals surface area contributed by atoms with Crippen molar-refractivity contribution >= 4 is 11.7 Å². The molecular weight excluding hydrogens is 450 g/mol. The van der Waals surface area contributed by atoms with Crippen LogP contribution >= 0.6 is 0 Å². The fraction of sp³-hybridized carbons (Fsp3) is 0.520. The number of fused-ring (bicyclic) bond motifs is 1. The highest BCUT2D eigenvalue weighted by atomic mass is 19.4. The third kappa shape index (κ3) is 5.51. The lowest BCUT2D eigenvalue weighted by molar-refractivity contribution is -0.155. The van der Waals surface area contributed by atoms with Gasteiger partial charge in [-0.2, -0.15) is 13.2 Å². The second-order valence-corrected chi connectivity index (χ2v) is 9.44. The second kappa shape index (κ2) is 9.90. The largest absolute Gasteiger partial charge is 0.478 e. The van der Waals surface area contributed by atoms with E-state index in [0.29, 0.717) is 36.1 Å². The Labute approximate surface area is 196 Å². The summed E-state index contributed by atoms with van der Waals surface area (Å²) in [6, 6.07) is 7.28. The standard InChI is InChI=1S/C25H29F4N3O2/c1-15-9-18-12-17(24(33)34)4-6-21(18)23(32(15)14-25(27,28)29)22-7-5-19(13-30-22)31-20-10-16(11-20)3-2-8-26/h4-7,12-13,15-16,20,23,31H,2-3,8-11,14H2,1H3,(H,33,34)/t15-,16?,20?,23+/m1/s1. The number of aromatic carboxylic acids is 1. The van der Waals surface area contributed by atoms with Crippen LogP contribution in [0.4, 0.5) is 23.2 Å². The van der Waals surface area contributed by atoms with E-state index in [2.05, 4.69) is 10.3 Å². The van der Waals surface area contributed by atoms with E-state index < -0.39 is 30.8 Å². The maximum Gasteiger partial charge on any atom is 0.401 e. The highest BCUT2D eigenvalue weighted by Gasteiger charge is 2.41. The van der Waals surface area contributed by atoms with Gasteiger partial charge < -0.3 is 10.4 Å². The first-order valence-corrected chi connectivity index (χ1v) is 11.6. The lowest BCUT2D eigenvalue weighted by atomic mass is 9.77. The Bertz CT molecular complexity index is 1010. The summed E-state index contributed by atoms with van der Waals surface area (Å²) in [7, 11) is 0. The quantitative estimate of drug-likeness (QED) is 0.482. The van der Waals surface area contributed by atoms with Gasteiger partial charge in [0.05, 0.1) is 42.4 Å². The minimum absolute atomic E-state index is 0.117. The molecule has 2 aromatic rings. The predicted molar refractivity (Wildman–Crippen MR) is 121 cm³/mol. The normalized spacial score (nSPS) is 24.9. The monoisotopic (exact) mass is 479 g/mol. The van der Waals surface area contributed by atoms with Crippen LogP contribution in [0.25, 0.3) is 0 Å². The molecule has 0 amide bonds. The van der Waals surface area contributed by atoms with E-state index in [1.54, 1.807) is 31.3 Å². The fourth-order valence-electron chi connectivity index (χ4n) is 5.18. The van der Waals surface area contributed by atoms with E-state index in [4.69, 9.17) is 0 Å². The van der Waals surface area contributed by atoms with Crippen LogP contribution in [-0.2, 0) is 6.42 Å². The summed E-state index contributed by atoms with van der Waals surface area (Å²) in [5, 5.41) is 12.7. The van der Waals surface area contributed by atoms with Gasteiger partial charge in [0.2, 0.25) is 0 Å². The molecule has 1 fully saturated rings. The van der Waals surface area contributed by atoms with Crippen molar-refractivity contribution in [3.05, 3.63) is 58.9 Å². The molecule has 1 aliphatic heterocycles. The van der Waals surface area contributed by atoms with Crippen molar-refractivity contribution in [3.63, 3.8) is 0 Å². The van der Waals surface area contributed by atoms with E-state index in [1.165, 1.54) is 11.0 Å². The first-order valence-electron chi connectivity index (χ1n) is 11.6. The van der Waals surface area contributed by atoms with E-state index >= 15 is 0 Å². The van der Waals surface area contributed by atoms with Gasteiger partial charge >= 0.3 is 12.1 Å². The lowest BCUT2D eigenvalue weighted by Gasteiger charge is -2.42. The number of halogens is 4. The minimum atomic E-state index is -4.38. The third-order valence-electron chi connectivity index (χ3n) is 6.88. The van der Waals surface area contributed by atoms with Crippen molar-refractivity contribution in [1.82, 2.24) is 9.88 Å². The van der Waals surface area contributed by atoms with Crippen molar-refractivity contribution in [1.29, 1.82) is 0 Å². The number of carbonyl (C=O) groups is 1. The van der Waals surface area contributed by atoms with Crippen molar-refractivity contribution in [2.45, 2.75) is 63.3 Å². The summed E-state index contributed by atoms with van der Waals surface area (Å²) in [5.41, 5.74) is 2.78. The molecule has 2 atom stereocenters. The highest BCUT2D eigenvalue weighted by Crippen LogP contribution is 2.40. The number of anilines is 1. The summed E-state index contributed by atoms with van der Waals surface area (Å²) in [5.74, 6) is -0.534. The SMILES string of the molecule is C[C@@H]1Cc2cc(C(=O)O)ccc2[C@@H](c2ccc(NC3CC(CCCF)C3)cn2)N1CC(F)(F)F. The van der Waals surface area contributed by atoms with Gasteiger partial charge in [0.25, 0.3) is 0 Å². The summed E-state index contributed by atoms with van der Waals surface area (Å²) in [6.45, 7) is 0.357. The van der Waals surface area contributed by atoms with Gasteiger partial charge in [0.15, 0.2) is 0 Å². The average Bonchev–Trinajstić information content (AvgIpc) is 2.75. The number of carboxylic acids is 1. The Kier molecular flexibility index (Phi) is 7.12. The molecule has 34 heavy (non-hydrogen) atoms. The molecule has 184 valence electrons. The molecule has 0 saturated heterocycles. The van der Waals surface area contributed by atoms with Crippen LogP contribution in [0.15, 0.2) is 36.5 Å². The van der Waals surface area contributed by atoms with Crippen molar-refractivity contribution in [3.8, 4) is 0 Å². The highest BCUT2D eigenvalue weighted by molar-refractivity contribution is 5.88. The van der Waals surface area contributed by atoms with Gasteiger partial charge in [-0.3, -0.25) is 14.3 Å². The van der Waals surface area contributed by atoms with E-state index in [9.17, 15) is 27.5 Å². The Hall–Kier alpha value is -2.68. The molecule has 1 aliphatic carbocycles. The van der Waals surface area contributed by atoms with Crippen LogP contribution in [0.5, 0.6) is 0 Å². The summed E-state index contributed by atoms with van der Waals surface area (Å²) >= 11 is 0. The zero-order chi connectivity index (χ0) is 24.5. The summed E-state index contributed by atoms with van der Waals surface area (Å²) < 4.78 is 52.6. The maximum absolute atomic E-state index is 13.4. The number of carboxylic acid groups (broad SMARTS) is 1. The first-order chi connectivity index (χ1) is 16.1. The average molecular weight is 480 g/mol. The number of nitrogens with zero attached hydrogens (tertiary/aromatic N) is 2. The van der Waals surface area contributed by atoms with Gasteiger partial charge in [-0.25, -0.2) is 4.79 Å². The molecule has 5 nitrogen and oxygen atoms in total. The number of pyridine rings is 1. The number of hydrogen-bond donors (Lipinski definition) is 2. The zero-order valence-electron chi connectivity index (χ0n) is 19.0. The number of hydrogen-bond acceptors (Lipinski definition) is 4. The van der Waals surface area contributed by atoms with Crippen molar-refractivity contribution < 1.29 is 27.5 Å². The Balaban J connectivity index is 1.56. The molecule has 2 aliphatic rings. The molecule has 0 bridgehead atoms. The van der Waals surface area contributed by atoms with E-state index in [1.807, 2.05) is 6.07 Å². The van der Waals surface area contributed by atoms with Crippen molar-refractivity contribution in [2.24, 2.45) is 5.92 Å². The molecule has 4 rings (SSSR count). The topological polar surface area (TPSA) is 65.5 Å². The summed E-state index contributed by atoms with van der Waals surface area (Å²) in [4.78, 5) is 17.3. The van der Waals surface area contributed by atoms with Gasteiger partial charge in [-0.05, 0) is 80.3 Å². The van der Waals surface area contributed by atoms with Crippen LogP contribution in [0, 0.1) is 5.92 Å². The molecule has 0 radical (unpaired) electrons. The first kappa shape index (κ1) is 24.4. The molecule has 1 saturated carbocycles. The van der Waals surface area contributed by atoms with Gasteiger partial charge in [0, 0.05) is 12.1 Å². The van der Waals surface area contributed by atoms with Crippen LogP contribution in [0.2, 0.25) is 0 Å². The Morgan fingerprint density at radius 2 is 2.00 bits per heavy atom. The number of rotatable bonds is 8. The second-order valence-electron chi connectivity index (χ2n) is 9.44. The number of nitrogens with one attached hydrogen (secondary N) is 1. The molecule has 1 aromatic heterocycles.